The molecule has 28 heavy (non-hydrogen) atoms. The lowest BCUT2D eigenvalue weighted by Crippen LogP contribution is -2.04. The van der Waals surface area contributed by atoms with Crippen molar-refractivity contribution in [3.63, 3.8) is 0 Å². The molecule has 0 aliphatic rings. The molecule has 1 aromatic heterocycles. The topological polar surface area (TPSA) is 48.7 Å². The molecule has 4 heteroatoms. The normalized spacial score (nSPS) is 10.8. The van der Waals surface area contributed by atoms with Gasteiger partial charge in [-0.1, -0.05) is 60.7 Å². The molecule has 1 heterocycles. The van der Waals surface area contributed by atoms with Gasteiger partial charge in [-0.2, -0.15) is 0 Å². The van der Waals surface area contributed by atoms with E-state index in [1.165, 1.54) is 6.92 Å². The van der Waals surface area contributed by atoms with Crippen molar-refractivity contribution in [2.45, 2.75) is 20.1 Å². The quantitative estimate of drug-likeness (QED) is 0.385. The molecule has 0 fully saturated rings. The lowest BCUT2D eigenvalue weighted by Gasteiger charge is -2.14. The molecule has 0 atom stereocenters. The van der Waals surface area contributed by atoms with Crippen LogP contribution in [-0.2, 0) is 13.2 Å². The highest BCUT2D eigenvalue weighted by molar-refractivity contribution is 6.04. The summed E-state index contributed by atoms with van der Waals surface area (Å²) < 4.78 is 17.7. The van der Waals surface area contributed by atoms with Crippen LogP contribution in [0.4, 0.5) is 0 Å². The monoisotopic (exact) mass is 372 g/mol. The number of fused-ring (bicyclic) bond motifs is 1. The first kappa shape index (κ1) is 17.9. The molecule has 4 rings (SSSR count). The highest BCUT2D eigenvalue weighted by Gasteiger charge is 2.20. The predicted molar refractivity (Wildman–Crippen MR) is 108 cm³/mol. The summed E-state index contributed by atoms with van der Waals surface area (Å²) in [5.74, 6) is 0.962. The molecule has 0 N–H and O–H groups in total. The molecule has 0 aliphatic heterocycles. The fourth-order valence-electron chi connectivity index (χ4n) is 3.08. The number of ether oxygens (including phenoxy) is 2. The largest absolute Gasteiger partial charge is 0.487 e. The van der Waals surface area contributed by atoms with E-state index in [4.69, 9.17) is 13.9 Å². The Bertz CT molecular complexity index is 1080. The van der Waals surface area contributed by atoms with Gasteiger partial charge in [0.2, 0.25) is 0 Å². The van der Waals surface area contributed by atoms with Crippen molar-refractivity contribution >= 4 is 16.8 Å². The molecular weight excluding hydrogens is 352 g/mol. The van der Waals surface area contributed by atoms with Crippen LogP contribution >= 0.6 is 0 Å². The first-order chi connectivity index (χ1) is 13.7. The first-order valence-corrected chi connectivity index (χ1v) is 9.11. The fourth-order valence-corrected chi connectivity index (χ4v) is 3.08. The number of ketones is 1. The van der Waals surface area contributed by atoms with Crippen LogP contribution in [0.1, 0.15) is 28.4 Å². The molecule has 0 bridgehead atoms. The minimum absolute atomic E-state index is 0.0873. The lowest BCUT2D eigenvalue weighted by atomic mass is 10.1. The summed E-state index contributed by atoms with van der Waals surface area (Å²) in [5, 5.41) is 0.728. The van der Waals surface area contributed by atoms with E-state index in [0.717, 1.165) is 16.5 Å². The molecule has 0 spiro atoms. The minimum Gasteiger partial charge on any atom is -0.487 e. The van der Waals surface area contributed by atoms with Gasteiger partial charge in [0.15, 0.2) is 17.1 Å². The minimum atomic E-state index is -0.0873. The maximum atomic E-state index is 12.3. The molecule has 0 saturated heterocycles. The van der Waals surface area contributed by atoms with Gasteiger partial charge in [0.1, 0.15) is 19.0 Å². The maximum absolute atomic E-state index is 12.3. The number of hydrogen-bond donors (Lipinski definition) is 0. The van der Waals surface area contributed by atoms with Crippen LogP contribution in [0.2, 0.25) is 0 Å². The highest BCUT2D eigenvalue weighted by Crippen LogP contribution is 2.38. The molecule has 4 aromatic rings. The summed E-state index contributed by atoms with van der Waals surface area (Å²) in [6, 6.07) is 23.2. The SMILES string of the molecule is CC(=O)c1cc(OCc2ccccc2)c2occc2c1OCc1ccccc1. The second-order valence-corrected chi connectivity index (χ2v) is 6.52. The summed E-state index contributed by atoms with van der Waals surface area (Å²) >= 11 is 0. The van der Waals surface area contributed by atoms with Gasteiger partial charge in [-0.05, 0) is 30.2 Å². The van der Waals surface area contributed by atoms with Crippen molar-refractivity contribution in [1.82, 2.24) is 0 Å². The Balaban J connectivity index is 1.67. The fraction of sp³-hybridized carbons (Fsp3) is 0.125. The number of Topliss-reactive ketones (excluding diaryl/α,β-unsaturated/α-hetero) is 1. The Hall–Kier alpha value is -3.53. The molecule has 0 radical (unpaired) electrons. The van der Waals surface area contributed by atoms with E-state index in [1.807, 2.05) is 60.7 Å². The number of benzene rings is 3. The zero-order chi connectivity index (χ0) is 19.3. The number of carbonyl (C=O) groups is 1. The molecule has 0 saturated carbocycles. The third-order valence-electron chi connectivity index (χ3n) is 4.50. The van der Waals surface area contributed by atoms with Gasteiger partial charge in [0, 0.05) is 0 Å². The summed E-state index contributed by atoms with van der Waals surface area (Å²) in [5.41, 5.74) is 3.12. The number of rotatable bonds is 7. The van der Waals surface area contributed by atoms with Crippen molar-refractivity contribution in [1.29, 1.82) is 0 Å². The average Bonchev–Trinajstić information content (AvgIpc) is 3.22. The van der Waals surface area contributed by atoms with E-state index >= 15 is 0 Å². The van der Waals surface area contributed by atoms with Crippen molar-refractivity contribution in [2.75, 3.05) is 0 Å². The summed E-state index contributed by atoms with van der Waals surface area (Å²) in [7, 11) is 0. The van der Waals surface area contributed by atoms with E-state index in [-0.39, 0.29) is 5.78 Å². The van der Waals surface area contributed by atoms with E-state index < -0.39 is 0 Å². The Morgan fingerprint density at radius 3 is 2.07 bits per heavy atom. The summed E-state index contributed by atoms with van der Waals surface area (Å²) in [4.78, 5) is 12.3. The summed E-state index contributed by atoms with van der Waals surface area (Å²) in [6.45, 7) is 2.28. The van der Waals surface area contributed by atoms with Crippen LogP contribution in [0, 0.1) is 0 Å². The van der Waals surface area contributed by atoms with Crippen LogP contribution in [0.5, 0.6) is 11.5 Å². The molecule has 4 nitrogen and oxygen atoms in total. The number of carbonyl (C=O) groups excluding carboxylic acids is 1. The van der Waals surface area contributed by atoms with Gasteiger partial charge >= 0.3 is 0 Å². The van der Waals surface area contributed by atoms with Gasteiger partial charge in [0.05, 0.1) is 17.2 Å². The van der Waals surface area contributed by atoms with E-state index in [2.05, 4.69) is 0 Å². The van der Waals surface area contributed by atoms with Crippen molar-refractivity contribution in [3.8, 4) is 11.5 Å². The van der Waals surface area contributed by atoms with Crippen LogP contribution in [0.25, 0.3) is 11.0 Å². The van der Waals surface area contributed by atoms with Gasteiger partial charge in [-0.25, -0.2) is 0 Å². The smallest absolute Gasteiger partial charge is 0.179 e. The Kier molecular flexibility index (Phi) is 5.11. The van der Waals surface area contributed by atoms with Crippen molar-refractivity contribution in [3.05, 3.63) is 95.7 Å². The predicted octanol–water partition coefficient (Wildman–Crippen LogP) is 5.79. The van der Waals surface area contributed by atoms with Crippen molar-refractivity contribution in [2.24, 2.45) is 0 Å². The van der Waals surface area contributed by atoms with Crippen LogP contribution < -0.4 is 9.47 Å². The van der Waals surface area contributed by atoms with Crippen LogP contribution in [-0.4, -0.2) is 5.78 Å². The molecule has 0 unspecified atom stereocenters. The van der Waals surface area contributed by atoms with Gasteiger partial charge in [-0.15, -0.1) is 0 Å². The van der Waals surface area contributed by atoms with Gasteiger partial charge in [-0.3, -0.25) is 4.79 Å². The second-order valence-electron chi connectivity index (χ2n) is 6.52. The van der Waals surface area contributed by atoms with E-state index in [1.54, 1.807) is 18.4 Å². The van der Waals surface area contributed by atoms with Crippen LogP contribution in [0.3, 0.4) is 0 Å². The molecular formula is C24H20O4. The lowest BCUT2D eigenvalue weighted by molar-refractivity contribution is 0.101. The Morgan fingerprint density at radius 1 is 0.857 bits per heavy atom. The zero-order valence-corrected chi connectivity index (χ0v) is 15.6. The average molecular weight is 372 g/mol. The second kappa shape index (κ2) is 8.01. The zero-order valence-electron chi connectivity index (χ0n) is 15.6. The Morgan fingerprint density at radius 2 is 1.46 bits per heavy atom. The molecule has 0 amide bonds. The van der Waals surface area contributed by atoms with Crippen LogP contribution in [0.15, 0.2) is 83.5 Å². The van der Waals surface area contributed by atoms with Crippen molar-refractivity contribution < 1.29 is 18.7 Å². The molecule has 3 aromatic carbocycles. The van der Waals surface area contributed by atoms with E-state index in [0.29, 0.717) is 35.9 Å². The summed E-state index contributed by atoms with van der Waals surface area (Å²) in [6.07, 6.45) is 1.58. The number of furan rings is 1. The highest BCUT2D eigenvalue weighted by atomic mass is 16.5. The maximum Gasteiger partial charge on any atom is 0.179 e. The van der Waals surface area contributed by atoms with Gasteiger partial charge < -0.3 is 13.9 Å². The first-order valence-electron chi connectivity index (χ1n) is 9.11. The van der Waals surface area contributed by atoms with E-state index in [9.17, 15) is 4.79 Å². The third-order valence-corrected chi connectivity index (χ3v) is 4.50. The third kappa shape index (κ3) is 3.76. The number of hydrogen-bond acceptors (Lipinski definition) is 4. The Labute approximate surface area is 163 Å². The molecule has 0 aliphatic carbocycles. The standard InChI is InChI=1S/C24H20O4/c1-17(25)21-14-22(27-15-18-8-4-2-5-9-18)24-20(12-13-26-24)23(21)28-16-19-10-6-3-7-11-19/h2-14H,15-16H2,1H3. The molecule has 140 valence electrons. The van der Waals surface area contributed by atoms with Gasteiger partial charge in [0.25, 0.3) is 0 Å².